The van der Waals surface area contributed by atoms with Gasteiger partial charge in [-0.2, -0.15) is 4.68 Å². The number of hydrogen-bond acceptors (Lipinski definition) is 5. The molecule has 1 aliphatic heterocycles. The Kier molecular flexibility index (Phi) is 4.33. The van der Waals surface area contributed by atoms with Crippen molar-refractivity contribution in [3.63, 3.8) is 0 Å². The maximum absolute atomic E-state index is 13.3. The zero-order valence-electron chi connectivity index (χ0n) is 15.9. The molecular formula is C21H20FN7. The summed E-state index contributed by atoms with van der Waals surface area (Å²) in [6.07, 6.45) is 2.07. The van der Waals surface area contributed by atoms with Gasteiger partial charge in [-0.3, -0.25) is 0 Å². The van der Waals surface area contributed by atoms with Crippen molar-refractivity contribution in [3.05, 3.63) is 66.1 Å². The Hall–Kier alpha value is -3.52. The molecule has 29 heavy (non-hydrogen) atoms. The van der Waals surface area contributed by atoms with E-state index in [1.807, 2.05) is 25.2 Å². The number of nitrogens with zero attached hydrogens (tertiary/aromatic N) is 5. The third-order valence-electron chi connectivity index (χ3n) is 5.13. The van der Waals surface area contributed by atoms with Gasteiger partial charge < -0.3 is 15.2 Å². The lowest BCUT2D eigenvalue weighted by molar-refractivity contribution is 0.628. The Morgan fingerprint density at radius 2 is 1.90 bits per heavy atom. The molecule has 1 aliphatic rings. The van der Waals surface area contributed by atoms with Crippen LogP contribution in [0.1, 0.15) is 5.56 Å². The molecule has 3 heterocycles. The molecule has 0 saturated heterocycles. The molecule has 0 amide bonds. The van der Waals surface area contributed by atoms with Gasteiger partial charge in [0.25, 0.3) is 0 Å². The molecule has 0 saturated carbocycles. The zero-order valence-corrected chi connectivity index (χ0v) is 15.9. The predicted molar refractivity (Wildman–Crippen MR) is 109 cm³/mol. The molecule has 0 aliphatic carbocycles. The smallest absolute Gasteiger partial charge is 0.203 e. The Morgan fingerprint density at radius 3 is 2.72 bits per heavy atom. The van der Waals surface area contributed by atoms with E-state index in [0.717, 1.165) is 46.8 Å². The summed E-state index contributed by atoms with van der Waals surface area (Å²) < 4.78 is 17.2. The van der Waals surface area contributed by atoms with Crippen molar-refractivity contribution < 1.29 is 4.39 Å². The number of benzene rings is 2. The van der Waals surface area contributed by atoms with Crippen molar-refractivity contribution in [2.45, 2.75) is 6.54 Å². The van der Waals surface area contributed by atoms with Crippen molar-refractivity contribution in [2.75, 3.05) is 25.5 Å². The largest absolute Gasteiger partial charge is 0.384 e. The number of rotatable bonds is 5. The van der Waals surface area contributed by atoms with Crippen molar-refractivity contribution in [2.24, 2.45) is 0 Å². The van der Waals surface area contributed by atoms with Gasteiger partial charge >= 0.3 is 0 Å². The number of nitrogens with one attached hydrogen (secondary N) is 2. The number of halogens is 1. The summed E-state index contributed by atoms with van der Waals surface area (Å²) in [4.78, 5) is 0. The lowest BCUT2D eigenvalue weighted by Crippen LogP contribution is -2.17. The highest BCUT2D eigenvalue weighted by atomic mass is 19.1. The minimum Gasteiger partial charge on any atom is -0.384 e. The fraction of sp³-hybridized carbons (Fsp3) is 0.190. The summed E-state index contributed by atoms with van der Waals surface area (Å²) in [6.45, 7) is 2.41. The van der Waals surface area contributed by atoms with E-state index in [4.69, 9.17) is 0 Å². The highest BCUT2D eigenvalue weighted by Gasteiger charge is 2.23. The predicted octanol–water partition coefficient (Wildman–Crippen LogP) is 2.93. The monoisotopic (exact) mass is 389 g/mol. The third kappa shape index (κ3) is 3.17. The molecule has 2 N–H and O–H groups in total. The van der Waals surface area contributed by atoms with E-state index in [1.165, 1.54) is 12.1 Å². The average Bonchev–Trinajstić information content (AvgIpc) is 3.34. The second-order valence-corrected chi connectivity index (χ2v) is 7.04. The Labute approximate surface area is 167 Å². The Balaban J connectivity index is 1.57. The fourth-order valence-corrected chi connectivity index (χ4v) is 3.68. The molecule has 2 aromatic heterocycles. The van der Waals surface area contributed by atoms with Gasteiger partial charge in [0.2, 0.25) is 5.82 Å². The molecule has 0 unspecified atom stereocenters. The van der Waals surface area contributed by atoms with Crippen molar-refractivity contribution in [1.82, 2.24) is 30.1 Å². The van der Waals surface area contributed by atoms with E-state index in [9.17, 15) is 4.39 Å². The van der Waals surface area contributed by atoms with E-state index in [-0.39, 0.29) is 5.82 Å². The molecule has 0 atom stereocenters. The van der Waals surface area contributed by atoms with Crippen LogP contribution < -0.4 is 10.6 Å². The van der Waals surface area contributed by atoms with Crippen LogP contribution in [0.5, 0.6) is 0 Å². The van der Waals surface area contributed by atoms with Crippen LogP contribution >= 0.6 is 0 Å². The Morgan fingerprint density at radius 1 is 1.03 bits per heavy atom. The highest BCUT2D eigenvalue weighted by Crippen LogP contribution is 2.33. The molecule has 146 valence electrons. The van der Waals surface area contributed by atoms with E-state index in [1.54, 1.807) is 16.8 Å². The minimum absolute atomic E-state index is 0.245. The third-order valence-corrected chi connectivity index (χ3v) is 5.13. The lowest BCUT2D eigenvalue weighted by Gasteiger charge is -2.12. The number of tetrazole rings is 1. The number of hydrogen-bond donors (Lipinski definition) is 2. The van der Waals surface area contributed by atoms with Gasteiger partial charge in [-0.15, -0.1) is 5.10 Å². The fourth-order valence-electron chi connectivity index (χ4n) is 3.68. The van der Waals surface area contributed by atoms with Crippen LogP contribution in [0, 0.1) is 5.82 Å². The normalized spacial score (nSPS) is 12.1. The van der Waals surface area contributed by atoms with Gasteiger partial charge in [0.1, 0.15) is 5.82 Å². The molecule has 0 radical (unpaired) electrons. The second-order valence-electron chi connectivity index (χ2n) is 7.04. The molecule has 0 fully saturated rings. The van der Waals surface area contributed by atoms with Crippen LogP contribution in [0.2, 0.25) is 0 Å². The first-order valence-electron chi connectivity index (χ1n) is 9.49. The number of anilines is 1. The van der Waals surface area contributed by atoms with Crippen molar-refractivity contribution in [3.8, 4) is 28.3 Å². The molecule has 4 aromatic rings. The molecular weight excluding hydrogens is 369 g/mol. The summed E-state index contributed by atoms with van der Waals surface area (Å²) in [5, 5.41) is 18.9. The molecule has 5 rings (SSSR count). The highest BCUT2D eigenvalue weighted by molar-refractivity contribution is 5.71. The zero-order chi connectivity index (χ0) is 19.8. The first kappa shape index (κ1) is 17.6. The van der Waals surface area contributed by atoms with E-state index < -0.39 is 0 Å². The molecule has 7 nitrogen and oxygen atoms in total. The first-order chi connectivity index (χ1) is 14.2. The van der Waals surface area contributed by atoms with Crippen LogP contribution in [0.15, 0.2) is 54.7 Å². The SMILES string of the molecule is CNCCNc1ccc2c(c1)Cn1cc(-c3ccc(F)cc3)cc1-c1nnnn1-2. The summed E-state index contributed by atoms with van der Waals surface area (Å²) in [5.41, 5.74) is 6.03. The maximum Gasteiger partial charge on any atom is 0.203 e. The average molecular weight is 389 g/mol. The lowest BCUT2D eigenvalue weighted by atomic mass is 10.1. The molecule has 0 spiro atoms. The quantitative estimate of drug-likeness (QED) is 0.452. The van der Waals surface area contributed by atoms with Crippen LogP contribution in [-0.4, -0.2) is 44.9 Å². The van der Waals surface area contributed by atoms with Crippen molar-refractivity contribution in [1.29, 1.82) is 0 Å². The van der Waals surface area contributed by atoms with Crippen LogP contribution in [0.3, 0.4) is 0 Å². The maximum atomic E-state index is 13.3. The summed E-state index contributed by atoms with van der Waals surface area (Å²) >= 11 is 0. The van der Waals surface area contributed by atoms with E-state index in [0.29, 0.717) is 12.4 Å². The van der Waals surface area contributed by atoms with E-state index in [2.05, 4.69) is 43.0 Å². The van der Waals surface area contributed by atoms with Gasteiger partial charge in [-0.05, 0) is 65.0 Å². The van der Waals surface area contributed by atoms with Crippen LogP contribution in [0.25, 0.3) is 28.3 Å². The minimum atomic E-state index is -0.245. The van der Waals surface area contributed by atoms with Crippen LogP contribution in [0.4, 0.5) is 10.1 Å². The van der Waals surface area contributed by atoms with E-state index >= 15 is 0 Å². The Bertz CT molecular complexity index is 1160. The van der Waals surface area contributed by atoms with Crippen LogP contribution in [-0.2, 0) is 6.54 Å². The standard InChI is InChI=1S/C21H20FN7/c1-23-8-9-24-18-6-7-19-16(10-18)13-28-12-15(14-2-4-17(22)5-3-14)11-20(28)21-25-26-27-29(19)21/h2-7,10-12,23-24H,8-9,13H2,1H3. The summed E-state index contributed by atoms with van der Waals surface area (Å²) in [6, 6.07) is 14.8. The number of likely N-dealkylation sites (N-methyl/N-ethyl adjacent to an activating group) is 1. The van der Waals surface area contributed by atoms with Crippen molar-refractivity contribution >= 4 is 5.69 Å². The van der Waals surface area contributed by atoms with Gasteiger partial charge in [-0.1, -0.05) is 12.1 Å². The molecule has 8 heteroatoms. The van der Waals surface area contributed by atoms with Gasteiger partial charge in [0, 0.05) is 37.1 Å². The summed E-state index contributed by atoms with van der Waals surface area (Å²) in [7, 11) is 1.93. The van der Waals surface area contributed by atoms with Gasteiger partial charge in [0.05, 0.1) is 11.4 Å². The number of aromatic nitrogens is 5. The molecule has 2 aromatic carbocycles. The molecule has 0 bridgehead atoms. The topological polar surface area (TPSA) is 72.6 Å². The first-order valence-corrected chi connectivity index (χ1v) is 9.49. The summed E-state index contributed by atoms with van der Waals surface area (Å²) in [5.74, 6) is 0.443. The second kappa shape index (κ2) is 7.14. The van der Waals surface area contributed by atoms with Gasteiger partial charge in [-0.25, -0.2) is 4.39 Å². The number of fused-ring (bicyclic) bond motifs is 5. The van der Waals surface area contributed by atoms with Gasteiger partial charge in [0.15, 0.2) is 0 Å².